The summed E-state index contributed by atoms with van der Waals surface area (Å²) >= 11 is 1.31. The van der Waals surface area contributed by atoms with Crippen LogP contribution in [-0.4, -0.2) is 35.2 Å². The topological polar surface area (TPSA) is 73.1 Å². The Morgan fingerprint density at radius 3 is 2.94 bits per heavy atom. The lowest BCUT2D eigenvalue weighted by molar-refractivity contribution is -0.119. The van der Waals surface area contributed by atoms with Crippen LogP contribution in [0.25, 0.3) is 0 Å². The standard InChI is InChI=1S/C11H18N2O2S/c12-5-6-16-8-11(15)13-7-9-3-1-2-4-10(9)14/h9-10,14H,1-4,6-8H2,(H,13,15). The summed E-state index contributed by atoms with van der Waals surface area (Å²) in [6, 6.07) is 1.98. The lowest BCUT2D eigenvalue weighted by Gasteiger charge is -2.27. The monoisotopic (exact) mass is 242 g/mol. The van der Waals surface area contributed by atoms with E-state index in [1.165, 1.54) is 11.8 Å². The SMILES string of the molecule is N#CCSCC(=O)NCC1CCCCC1O. The third kappa shape index (κ3) is 4.86. The number of aliphatic hydroxyl groups excluding tert-OH is 1. The van der Waals surface area contributed by atoms with Crippen LogP contribution in [0, 0.1) is 17.2 Å². The highest BCUT2D eigenvalue weighted by atomic mass is 32.2. The van der Waals surface area contributed by atoms with Gasteiger partial charge < -0.3 is 10.4 Å². The maximum atomic E-state index is 11.3. The molecular formula is C11H18N2O2S. The predicted octanol–water partition coefficient (Wildman–Crippen LogP) is 0.910. The third-order valence-corrected chi connectivity index (χ3v) is 3.63. The Kier molecular flexibility index (Phi) is 6.27. The molecule has 0 aromatic carbocycles. The Bertz CT molecular complexity index is 265. The molecule has 2 atom stereocenters. The fraction of sp³-hybridized carbons (Fsp3) is 0.818. The average Bonchev–Trinajstić information content (AvgIpc) is 2.28. The molecule has 1 rings (SSSR count). The molecule has 0 aromatic heterocycles. The Morgan fingerprint density at radius 2 is 2.25 bits per heavy atom. The Hall–Kier alpha value is -0.730. The van der Waals surface area contributed by atoms with E-state index < -0.39 is 0 Å². The number of amides is 1. The van der Waals surface area contributed by atoms with Gasteiger partial charge in [0.05, 0.1) is 23.7 Å². The molecule has 1 amide bonds. The number of thioether (sulfide) groups is 1. The van der Waals surface area contributed by atoms with Crippen LogP contribution < -0.4 is 5.32 Å². The van der Waals surface area contributed by atoms with Crippen LogP contribution in [0.1, 0.15) is 25.7 Å². The largest absolute Gasteiger partial charge is 0.393 e. The molecule has 1 saturated carbocycles. The first kappa shape index (κ1) is 13.3. The van der Waals surface area contributed by atoms with Crippen LogP contribution in [0.3, 0.4) is 0 Å². The van der Waals surface area contributed by atoms with Gasteiger partial charge in [0, 0.05) is 12.5 Å². The highest BCUT2D eigenvalue weighted by molar-refractivity contribution is 8.00. The minimum Gasteiger partial charge on any atom is -0.393 e. The van der Waals surface area contributed by atoms with Gasteiger partial charge in [0.25, 0.3) is 0 Å². The first-order chi connectivity index (χ1) is 7.74. The smallest absolute Gasteiger partial charge is 0.230 e. The first-order valence-corrected chi connectivity index (χ1v) is 6.79. The zero-order valence-electron chi connectivity index (χ0n) is 9.32. The number of hydrogen-bond donors (Lipinski definition) is 2. The van der Waals surface area contributed by atoms with Gasteiger partial charge in [-0.1, -0.05) is 12.8 Å². The van der Waals surface area contributed by atoms with Crippen molar-refractivity contribution in [2.45, 2.75) is 31.8 Å². The molecular weight excluding hydrogens is 224 g/mol. The third-order valence-electron chi connectivity index (χ3n) is 2.83. The highest BCUT2D eigenvalue weighted by Gasteiger charge is 2.23. The van der Waals surface area contributed by atoms with E-state index in [1.54, 1.807) is 0 Å². The van der Waals surface area contributed by atoms with E-state index in [0.29, 0.717) is 18.1 Å². The van der Waals surface area contributed by atoms with Crippen molar-refractivity contribution in [2.75, 3.05) is 18.1 Å². The molecule has 0 aromatic rings. The van der Waals surface area contributed by atoms with E-state index in [2.05, 4.69) is 5.32 Å². The van der Waals surface area contributed by atoms with Gasteiger partial charge in [-0.2, -0.15) is 5.26 Å². The molecule has 16 heavy (non-hydrogen) atoms. The molecule has 0 bridgehead atoms. The van der Waals surface area contributed by atoms with Gasteiger partial charge in [0.1, 0.15) is 0 Å². The number of nitriles is 1. The van der Waals surface area contributed by atoms with E-state index in [1.807, 2.05) is 6.07 Å². The summed E-state index contributed by atoms with van der Waals surface area (Å²) < 4.78 is 0. The molecule has 0 heterocycles. The number of nitrogens with one attached hydrogen (secondary N) is 1. The van der Waals surface area contributed by atoms with Gasteiger partial charge in [0.2, 0.25) is 5.91 Å². The zero-order chi connectivity index (χ0) is 11.8. The van der Waals surface area contributed by atoms with Gasteiger partial charge in [-0.25, -0.2) is 0 Å². The summed E-state index contributed by atoms with van der Waals surface area (Å²) in [5.41, 5.74) is 0. The van der Waals surface area contributed by atoms with Crippen molar-refractivity contribution >= 4 is 17.7 Å². The second-order valence-electron chi connectivity index (χ2n) is 4.07. The van der Waals surface area contributed by atoms with Gasteiger partial charge in [0.15, 0.2) is 0 Å². The molecule has 1 aliphatic rings. The van der Waals surface area contributed by atoms with Gasteiger partial charge in [-0.15, -0.1) is 11.8 Å². The normalized spacial score (nSPS) is 24.8. The van der Waals surface area contributed by atoms with Crippen LogP contribution in [0.5, 0.6) is 0 Å². The molecule has 0 radical (unpaired) electrons. The van der Waals surface area contributed by atoms with Crippen LogP contribution in [0.4, 0.5) is 0 Å². The van der Waals surface area contributed by atoms with Gasteiger partial charge in [-0.05, 0) is 12.8 Å². The minimum absolute atomic E-state index is 0.0435. The zero-order valence-corrected chi connectivity index (χ0v) is 10.1. The molecule has 4 nitrogen and oxygen atoms in total. The number of carbonyl (C=O) groups excluding carboxylic acids is 1. The summed E-state index contributed by atoms with van der Waals surface area (Å²) in [5.74, 6) is 0.840. The van der Waals surface area contributed by atoms with Crippen molar-refractivity contribution in [3.63, 3.8) is 0 Å². The fourth-order valence-electron chi connectivity index (χ4n) is 1.91. The maximum absolute atomic E-state index is 11.3. The van der Waals surface area contributed by atoms with E-state index in [0.717, 1.165) is 25.7 Å². The summed E-state index contributed by atoms with van der Waals surface area (Å²) in [6.07, 6.45) is 3.81. The summed E-state index contributed by atoms with van der Waals surface area (Å²) in [4.78, 5) is 11.3. The van der Waals surface area contributed by atoms with Gasteiger partial charge in [-0.3, -0.25) is 4.79 Å². The van der Waals surface area contributed by atoms with Crippen molar-refractivity contribution < 1.29 is 9.90 Å². The number of carbonyl (C=O) groups is 1. The molecule has 1 fully saturated rings. The molecule has 5 heteroatoms. The molecule has 0 aliphatic heterocycles. The lowest BCUT2D eigenvalue weighted by Crippen LogP contribution is -2.37. The highest BCUT2D eigenvalue weighted by Crippen LogP contribution is 2.23. The summed E-state index contributed by atoms with van der Waals surface area (Å²) in [7, 11) is 0. The van der Waals surface area contributed by atoms with Crippen LogP contribution in [0.2, 0.25) is 0 Å². The Balaban J connectivity index is 2.13. The van der Waals surface area contributed by atoms with Crippen LogP contribution >= 0.6 is 11.8 Å². The second kappa shape index (κ2) is 7.53. The van der Waals surface area contributed by atoms with E-state index >= 15 is 0 Å². The number of aliphatic hydroxyl groups is 1. The number of rotatable bonds is 5. The van der Waals surface area contributed by atoms with Crippen LogP contribution in [-0.2, 0) is 4.79 Å². The fourth-order valence-corrected chi connectivity index (χ4v) is 2.39. The molecule has 2 unspecified atom stereocenters. The van der Waals surface area contributed by atoms with Crippen molar-refractivity contribution in [3.8, 4) is 6.07 Å². The van der Waals surface area contributed by atoms with Gasteiger partial charge >= 0.3 is 0 Å². The molecule has 90 valence electrons. The molecule has 1 aliphatic carbocycles. The molecule has 0 spiro atoms. The maximum Gasteiger partial charge on any atom is 0.230 e. The second-order valence-corrected chi connectivity index (χ2v) is 5.05. The average molecular weight is 242 g/mol. The lowest BCUT2D eigenvalue weighted by atomic mass is 9.86. The van der Waals surface area contributed by atoms with Crippen molar-refractivity contribution in [1.82, 2.24) is 5.32 Å². The van der Waals surface area contributed by atoms with Crippen molar-refractivity contribution in [3.05, 3.63) is 0 Å². The van der Waals surface area contributed by atoms with E-state index in [4.69, 9.17) is 5.26 Å². The molecule has 2 N–H and O–H groups in total. The molecule has 0 saturated heterocycles. The quantitative estimate of drug-likeness (QED) is 0.703. The Labute approximate surface area is 100 Å². The summed E-state index contributed by atoms with van der Waals surface area (Å²) in [6.45, 7) is 0.563. The Morgan fingerprint density at radius 1 is 1.50 bits per heavy atom. The van der Waals surface area contributed by atoms with Crippen LogP contribution in [0.15, 0.2) is 0 Å². The number of nitrogens with zero attached hydrogens (tertiary/aromatic N) is 1. The van der Waals surface area contributed by atoms with Crippen molar-refractivity contribution in [2.24, 2.45) is 5.92 Å². The van der Waals surface area contributed by atoms with E-state index in [-0.39, 0.29) is 17.9 Å². The number of hydrogen-bond acceptors (Lipinski definition) is 4. The van der Waals surface area contributed by atoms with E-state index in [9.17, 15) is 9.90 Å². The summed E-state index contributed by atoms with van der Waals surface area (Å²) in [5, 5.41) is 20.8. The first-order valence-electron chi connectivity index (χ1n) is 5.63. The van der Waals surface area contributed by atoms with Crippen molar-refractivity contribution in [1.29, 1.82) is 5.26 Å². The minimum atomic E-state index is -0.263. The predicted molar refractivity (Wildman–Crippen MR) is 63.9 cm³/mol.